The van der Waals surface area contributed by atoms with Crippen LogP contribution in [0.15, 0.2) is 42.7 Å². The van der Waals surface area contributed by atoms with Gasteiger partial charge in [0.1, 0.15) is 17.8 Å². The maximum Gasteiger partial charge on any atom is 0.433 e. The lowest BCUT2D eigenvalue weighted by Gasteiger charge is -2.25. The second kappa shape index (κ2) is 8.90. The first-order valence-electron chi connectivity index (χ1n) is 10.2. The van der Waals surface area contributed by atoms with E-state index < -0.39 is 11.9 Å². The van der Waals surface area contributed by atoms with Crippen LogP contribution in [0, 0.1) is 6.92 Å². The zero-order valence-electron chi connectivity index (χ0n) is 17.3. The molecular weight excluding hydrogens is 443 g/mol. The van der Waals surface area contributed by atoms with Crippen LogP contribution in [0.3, 0.4) is 0 Å². The molecule has 10 heteroatoms. The summed E-state index contributed by atoms with van der Waals surface area (Å²) in [5.74, 6) is 0.520. The molecule has 32 heavy (non-hydrogen) atoms. The molecule has 0 spiro atoms. The number of carbonyl (C=O) groups is 1. The molecule has 1 saturated heterocycles. The highest BCUT2D eigenvalue weighted by molar-refractivity contribution is 6.30. The minimum absolute atomic E-state index is 0.0151. The van der Waals surface area contributed by atoms with Crippen LogP contribution < -0.4 is 0 Å². The summed E-state index contributed by atoms with van der Waals surface area (Å²) >= 11 is 5.95. The van der Waals surface area contributed by atoms with E-state index in [1.807, 2.05) is 12.1 Å². The molecular formula is C22H21ClF3N5O. The average molecular weight is 464 g/mol. The Morgan fingerprint density at radius 2 is 1.94 bits per heavy atom. The number of aromatic nitrogens is 4. The van der Waals surface area contributed by atoms with Gasteiger partial charge in [0.15, 0.2) is 0 Å². The summed E-state index contributed by atoms with van der Waals surface area (Å²) < 4.78 is 40.4. The lowest BCUT2D eigenvalue weighted by Crippen LogP contribution is -2.33. The van der Waals surface area contributed by atoms with E-state index in [-0.39, 0.29) is 24.1 Å². The maximum atomic E-state index is 13.1. The van der Waals surface area contributed by atoms with Crippen LogP contribution in [0.25, 0.3) is 0 Å². The van der Waals surface area contributed by atoms with Crippen molar-refractivity contribution < 1.29 is 18.0 Å². The summed E-state index contributed by atoms with van der Waals surface area (Å²) in [4.78, 5) is 22.8. The number of alkyl halides is 3. The van der Waals surface area contributed by atoms with Gasteiger partial charge >= 0.3 is 6.18 Å². The smallest absolute Gasteiger partial charge is 0.332 e. The van der Waals surface area contributed by atoms with E-state index >= 15 is 0 Å². The van der Waals surface area contributed by atoms with E-state index in [1.165, 1.54) is 19.3 Å². The SMILES string of the molecule is Cc1nc(C(F)(F)F)ccc1CC(=O)N1CCC[C@@H]1c1ncnn1Cc1ccc(Cl)cc1. The molecule has 0 unspecified atom stereocenters. The number of hydrogen-bond acceptors (Lipinski definition) is 4. The van der Waals surface area contributed by atoms with Crippen molar-refractivity contribution in [1.82, 2.24) is 24.6 Å². The van der Waals surface area contributed by atoms with Crippen molar-refractivity contribution in [3.63, 3.8) is 0 Å². The molecule has 1 fully saturated rings. The van der Waals surface area contributed by atoms with E-state index in [0.29, 0.717) is 29.5 Å². The molecule has 3 heterocycles. The van der Waals surface area contributed by atoms with Crippen LogP contribution in [0.5, 0.6) is 0 Å². The summed E-state index contributed by atoms with van der Waals surface area (Å²) in [7, 11) is 0. The van der Waals surface area contributed by atoms with Gasteiger partial charge < -0.3 is 4.90 Å². The lowest BCUT2D eigenvalue weighted by molar-refractivity contribution is -0.141. The van der Waals surface area contributed by atoms with Crippen molar-refractivity contribution in [3.05, 3.63) is 76.1 Å². The molecule has 3 aromatic rings. The van der Waals surface area contributed by atoms with Crippen molar-refractivity contribution in [2.45, 2.75) is 44.9 Å². The molecule has 1 atom stereocenters. The summed E-state index contributed by atoms with van der Waals surface area (Å²) in [5.41, 5.74) is 0.732. The first kappa shape index (κ1) is 22.3. The van der Waals surface area contributed by atoms with E-state index in [0.717, 1.165) is 24.5 Å². The molecule has 0 saturated carbocycles. The minimum Gasteiger partial charge on any atom is -0.332 e. The van der Waals surface area contributed by atoms with E-state index in [4.69, 9.17) is 11.6 Å². The van der Waals surface area contributed by atoms with Crippen LogP contribution in [0.1, 0.15) is 47.2 Å². The Morgan fingerprint density at radius 3 is 2.62 bits per heavy atom. The third-order valence-corrected chi connectivity index (χ3v) is 5.84. The van der Waals surface area contributed by atoms with Gasteiger partial charge in [0, 0.05) is 17.3 Å². The van der Waals surface area contributed by atoms with E-state index in [9.17, 15) is 18.0 Å². The van der Waals surface area contributed by atoms with Gasteiger partial charge in [-0.15, -0.1) is 0 Å². The normalized spacial score (nSPS) is 16.5. The Balaban J connectivity index is 1.50. The fraction of sp³-hybridized carbons (Fsp3) is 0.364. The number of amides is 1. The Hall–Kier alpha value is -2.94. The summed E-state index contributed by atoms with van der Waals surface area (Å²) in [6, 6.07) is 9.44. The number of nitrogens with zero attached hydrogens (tertiary/aromatic N) is 5. The largest absolute Gasteiger partial charge is 0.433 e. The number of halogens is 4. The maximum absolute atomic E-state index is 13.1. The van der Waals surface area contributed by atoms with Gasteiger partial charge in [-0.25, -0.2) is 14.6 Å². The fourth-order valence-electron chi connectivity index (χ4n) is 3.95. The number of likely N-dealkylation sites (tertiary alicyclic amines) is 1. The highest BCUT2D eigenvalue weighted by atomic mass is 35.5. The molecule has 1 aliphatic rings. The van der Waals surface area contributed by atoms with Crippen molar-refractivity contribution in [3.8, 4) is 0 Å². The minimum atomic E-state index is -4.51. The third kappa shape index (κ3) is 4.77. The summed E-state index contributed by atoms with van der Waals surface area (Å²) in [6.45, 7) is 2.54. The molecule has 4 rings (SSSR count). The van der Waals surface area contributed by atoms with Gasteiger partial charge in [-0.1, -0.05) is 29.8 Å². The third-order valence-electron chi connectivity index (χ3n) is 5.59. The topological polar surface area (TPSA) is 63.9 Å². The highest BCUT2D eigenvalue weighted by Crippen LogP contribution is 2.32. The second-order valence-electron chi connectivity index (χ2n) is 7.76. The molecule has 168 valence electrons. The number of carbonyl (C=O) groups excluding carboxylic acids is 1. The molecule has 0 N–H and O–H groups in total. The number of aryl methyl sites for hydroxylation is 1. The van der Waals surface area contributed by atoms with Crippen LogP contribution in [0.2, 0.25) is 5.02 Å². The molecule has 6 nitrogen and oxygen atoms in total. The highest BCUT2D eigenvalue weighted by Gasteiger charge is 2.35. The standard InChI is InChI=1S/C22H21ClF3N5O/c1-14-16(6-9-19(29-14)22(24,25)26)11-20(32)30-10-2-3-18(30)21-27-13-28-31(21)12-15-4-7-17(23)8-5-15/h4-9,13,18H,2-3,10-12H2,1H3/t18-/m1/s1. The number of benzene rings is 1. The Labute approximate surface area is 188 Å². The summed E-state index contributed by atoms with van der Waals surface area (Å²) in [6.07, 6.45) is -1.50. The van der Waals surface area contributed by atoms with Gasteiger partial charge in [-0.05, 0) is 49.1 Å². The van der Waals surface area contributed by atoms with Crippen molar-refractivity contribution in [2.24, 2.45) is 0 Å². The number of pyridine rings is 1. The van der Waals surface area contributed by atoms with Gasteiger partial charge in [0.25, 0.3) is 0 Å². The number of rotatable bonds is 5. The number of hydrogen-bond donors (Lipinski definition) is 0. The fourth-order valence-corrected chi connectivity index (χ4v) is 4.07. The van der Waals surface area contributed by atoms with Gasteiger partial charge in [-0.2, -0.15) is 18.3 Å². The Bertz CT molecular complexity index is 1110. The quantitative estimate of drug-likeness (QED) is 0.554. The molecule has 1 aromatic carbocycles. The summed E-state index contributed by atoms with van der Waals surface area (Å²) in [5, 5.41) is 4.97. The lowest BCUT2D eigenvalue weighted by atomic mass is 10.1. The molecule has 0 radical (unpaired) electrons. The van der Waals surface area contributed by atoms with Gasteiger partial charge in [-0.3, -0.25) is 4.79 Å². The zero-order chi connectivity index (χ0) is 22.9. The van der Waals surface area contributed by atoms with Gasteiger partial charge in [0.2, 0.25) is 5.91 Å². The van der Waals surface area contributed by atoms with Crippen molar-refractivity contribution in [2.75, 3.05) is 6.54 Å². The van der Waals surface area contributed by atoms with Crippen LogP contribution in [0.4, 0.5) is 13.2 Å². The molecule has 0 bridgehead atoms. The van der Waals surface area contributed by atoms with Crippen molar-refractivity contribution in [1.29, 1.82) is 0 Å². The first-order valence-corrected chi connectivity index (χ1v) is 10.6. The average Bonchev–Trinajstić information content (AvgIpc) is 3.39. The van der Waals surface area contributed by atoms with Crippen LogP contribution in [-0.2, 0) is 23.9 Å². The van der Waals surface area contributed by atoms with Gasteiger partial charge in [0.05, 0.1) is 19.0 Å². The molecule has 1 amide bonds. The zero-order valence-corrected chi connectivity index (χ0v) is 18.1. The first-order chi connectivity index (χ1) is 15.2. The Morgan fingerprint density at radius 1 is 1.19 bits per heavy atom. The van der Waals surface area contributed by atoms with Crippen LogP contribution in [-0.4, -0.2) is 37.1 Å². The molecule has 0 aliphatic carbocycles. The monoisotopic (exact) mass is 463 g/mol. The van der Waals surface area contributed by atoms with E-state index in [1.54, 1.807) is 21.7 Å². The molecule has 2 aromatic heterocycles. The van der Waals surface area contributed by atoms with E-state index in [2.05, 4.69) is 15.1 Å². The predicted molar refractivity (Wildman–Crippen MR) is 112 cm³/mol. The predicted octanol–water partition coefficient (Wildman–Crippen LogP) is 4.61. The van der Waals surface area contributed by atoms with Crippen molar-refractivity contribution >= 4 is 17.5 Å². The Kier molecular flexibility index (Phi) is 6.19. The molecule has 1 aliphatic heterocycles. The van der Waals surface area contributed by atoms with Crippen LogP contribution >= 0.6 is 11.6 Å². The second-order valence-corrected chi connectivity index (χ2v) is 8.20.